The van der Waals surface area contributed by atoms with Crippen molar-refractivity contribution in [2.24, 2.45) is 0 Å². The zero-order valence-electron chi connectivity index (χ0n) is 14.8. The Morgan fingerprint density at radius 2 is 1.48 bits per heavy atom. The average molecular weight is 373 g/mol. The highest BCUT2D eigenvalue weighted by atomic mass is 19.1. The van der Waals surface area contributed by atoms with Gasteiger partial charge in [-0.05, 0) is 36.4 Å². The molecule has 0 aromatic heterocycles. The molecule has 1 heterocycles. The van der Waals surface area contributed by atoms with Gasteiger partial charge in [0, 0.05) is 50.4 Å². The van der Waals surface area contributed by atoms with Crippen LogP contribution >= 0.6 is 0 Å². The lowest BCUT2D eigenvalue weighted by atomic mass is 10.1. The van der Waals surface area contributed by atoms with Crippen LogP contribution in [-0.2, 0) is 0 Å². The number of piperazine rings is 1. The quantitative estimate of drug-likeness (QED) is 0.874. The van der Waals surface area contributed by atoms with Crippen LogP contribution in [0.2, 0.25) is 0 Å². The van der Waals surface area contributed by atoms with E-state index >= 15 is 0 Å². The molecule has 3 rings (SSSR count). The maximum absolute atomic E-state index is 13.3. The SMILES string of the molecule is O=C(NCCN1CCN(C(=O)c2cccc(F)c2)CC1)c1cccc(F)c1. The summed E-state index contributed by atoms with van der Waals surface area (Å²) in [6, 6.07) is 11.3. The molecule has 2 aromatic rings. The van der Waals surface area contributed by atoms with E-state index in [-0.39, 0.29) is 11.8 Å². The molecule has 1 fully saturated rings. The van der Waals surface area contributed by atoms with Gasteiger partial charge in [-0.1, -0.05) is 12.1 Å². The van der Waals surface area contributed by atoms with Crippen LogP contribution in [0, 0.1) is 11.6 Å². The maximum atomic E-state index is 13.3. The maximum Gasteiger partial charge on any atom is 0.254 e. The van der Waals surface area contributed by atoms with Crippen molar-refractivity contribution in [2.45, 2.75) is 0 Å². The summed E-state index contributed by atoms with van der Waals surface area (Å²) < 4.78 is 26.4. The van der Waals surface area contributed by atoms with Gasteiger partial charge in [0.1, 0.15) is 11.6 Å². The fourth-order valence-electron chi connectivity index (χ4n) is 3.04. The zero-order chi connectivity index (χ0) is 19.2. The van der Waals surface area contributed by atoms with Crippen molar-refractivity contribution in [3.8, 4) is 0 Å². The molecular weight excluding hydrogens is 352 g/mol. The molecule has 0 saturated carbocycles. The van der Waals surface area contributed by atoms with E-state index in [1.54, 1.807) is 17.0 Å². The van der Waals surface area contributed by atoms with Gasteiger partial charge in [0.05, 0.1) is 0 Å². The first-order valence-corrected chi connectivity index (χ1v) is 8.84. The summed E-state index contributed by atoms with van der Waals surface area (Å²) in [5, 5.41) is 2.77. The van der Waals surface area contributed by atoms with Gasteiger partial charge in [0.15, 0.2) is 0 Å². The summed E-state index contributed by atoms with van der Waals surface area (Å²) in [5.41, 5.74) is 0.645. The normalized spacial score (nSPS) is 14.8. The summed E-state index contributed by atoms with van der Waals surface area (Å²) in [6.45, 7) is 3.53. The van der Waals surface area contributed by atoms with Gasteiger partial charge >= 0.3 is 0 Å². The highest BCUT2D eigenvalue weighted by molar-refractivity contribution is 5.94. The van der Waals surface area contributed by atoms with Gasteiger partial charge < -0.3 is 10.2 Å². The molecule has 142 valence electrons. The lowest BCUT2D eigenvalue weighted by Gasteiger charge is -2.34. The number of nitrogens with zero attached hydrogens (tertiary/aromatic N) is 2. The molecule has 1 aliphatic rings. The molecule has 1 N–H and O–H groups in total. The number of rotatable bonds is 5. The second-order valence-electron chi connectivity index (χ2n) is 6.41. The molecule has 0 bridgehead atoms. The van der Waals surface area contributed by atoms with Crippen LogP contribution in [-0.4, -0.2) is 60.9 Å². The molecule has 0 atom stereocenters. The van der Waals surface area contributed by atoms with E-state index in [0.29, 0.717) is 50.4 Å². The predicted octanol–water partition coefficient (Wildman–Crippen LogP) is 2.15. The second kappa shape index (κ2) is 8.73. The van der Waals surface area contributed by atoms with Crippen molar-refractivity contribution in [1.82, 2.24) is 15.1 Å². The molecule has 27 heavy (non-hydrogen) atoms. The number of hydrogen-bond donors (Lipinski definition) is 1. The molecule has 0 unspecified atom stereocenters. The largest absolute Gasteiger partial charge is 0.351 e. The molecule has 2 aromatic carbocycles. The van der Waals surface area contributed by atoms with Gasteiger partial charge in [-0.15, -0.1) is 0 Å². The molecule has 1 saturated heterocycles. The van der Waals surface area contributed by atoms with Crippen LogP contribution in [0.25, 0.3) is 0 Å². The molecule has 7 heteroatoms. The minimum atomic E-state index is -0.443. The van der Waals surface area contributed by atoms with Crippen molar-refractivity contribution in [3.05, 3.63) is 71.3 Å². The fraction of sp³-hybridized carbons (Fsp3) is 0.300. The van der Waals surface area contributed by atoms with E-state index in [4.69, 9.17) is 0 Å². The van der Waals surface area contributed by atoms with Crippen molar-refractivity contribution < 1.29 is 18.4 Å². The Hall–Kier alpha value is -2.80. The van der Waals surface area contributed by atoms with E-state index in [1.165, 1.54) is 36.4 Å². The Bertz CT molecular complexity index is 818. The van der Waals surface area contributed by atoms with Crippen molar-refractivity contribution in [1.29, 1.82) is 0 Å². The zero-order valence-corrected chi connectivity index (χ0v) is 14.8. The van der Waals surface area contributed by atoms with Crippen molar-refractivity contribution >= 4 is 11.8 Å². The van der Waals surface area contributed by atoms with Crippen LogP contribution in [0.15, 0.2) is 48.5 Å². The first kappa shape index (κ1) is 19.0. The first-order valence-electron chi connectivity index (χ1n) is 8.84. The number of carbonyl (C=O) groups is 2. The van der Waals surface area contributed by atoms with E-state index in [9.17, 15) is 18.4 Å². The summed E-state index contributed by atoms with van der Waals surface area (Å²) in [4.78, 5) is 28.2. The number of carbonyl (C=O) groups excluding carboxylic acids is 2. The molecule has 0 radical (unpaired) electrons. The smallest absolute Gasteiger partial charge is 0.254 e. The van der Waals surface area contributed by atoms with Gasteiger partial charge in [0.2, 0.25) is 0 Å². The number of hydrogen-bond acceptors (Lipinski definition) is 3. The standard InChI is InChI=1S/C20H21F2N3O2/c21-17-5-1-3-15(13-17)19(26)23-7-8-24-9-11-25(12-10-24)20(27)16-4-2-6-18(22)14-16/h1-6,13-14H,7-12H2,(H,23,26). The van der Waals surface area contributed by atoms with Gasteiger partial charge in [-0.3, -0.25) is 14.5 Å². The van der Waals surface area contributed by atoms with Gasteiger partial charge in [-0.25, -0.2) is 8.78 Å². The number of benzene rings is 2. The fourth-order valence-corrected chi connectivity index (χ4v) is 3.04. The van der Waals surface area contributed by atoms with E-state index in [2.05, 4.69) is 10.2 Å². The van der Waals surface area contributed by atoms with E-state index in [1.807, 2.05) is 0 Å². The average Bonchev–Trinajstić information content (AvgIpc) is 2.68. The van der Waals surface area contributed by atoms with Crippen LogP contribution < -0.4 is 5.32 Å². The highest BCUT2D eigenvalue weighted by Gasteiger charge is 2.22. The Morgan fingerprint density at radius 3 is 2.11 bits per heavy atom. The molecule has 1 aliphatic heterocycles. The highest BCUT2D eigenvalue weighted by Crippen LogP contribution is 2.10. The summed E-state index contributed by atoms with van der Waals surface area (Å²) in [6.07, 6.45) is 0. The molecule has 5 nitrogen and oxygen atoms in total. The minimum Gasteiger partial charge on any atom is -0.351 e. The monoisotopic (exact) mass is 373 g/mol. The third-order valence-corrected chi connectivity index (χ3v) is 4.53. The first-order chi connectivity index (χ1) is 13.0. The predicted molar refractivity (Wildman–Crippen MR) is 97.5 cm³/mol. The van der Waals surface area contributed by atoms with Crippen molar-refractivity contribution in [2.75, 3.05) is 39.3 Å². The number of nitrogens with one attached hydrogen (secondary N) is 1. The summed E-state index contributed by atoms with van der Waals surface area (Å²) in [5.74, 6) is -1.35. The van der Waals surface area contributed by atoms with Gasteiger partial charge in [0.25, 0.3) is 11.8 Å². The minimum absolute atomic E-state index is 0.173. The Morgan fingerprint density at radius 1 is 0.889 bits per heavy atom. The number of halogens is 2. The van der Waals surface area contributed by atoms with E-state index in [0.717, 1.165) is 0 Å². The van der Waals surface area contributed by atoms with Gasteiger partial charge in [-0.2, -0.15) is 0 Å². The third kappa shape index (κ3) is 5.10. The molecular formula is C20H21F2N3O2. The molecule has 2 amide bonds. The van der Waals surface area contributed by atoms with Crippen LogP contribution in [0.5, 0.6) is 0 Å². The molecule has 0 aliphatic carbocycles. The lowest BCUT2D eigenvalue weighted by Crippen LogP contribution is -2.50. The van der Waals surface area contributed by atoms with E-state index < -0.39 is 11.6 Å². The number of amides is 2. The summed E-state index contributed by atoms with van der Waals surface area (Å²) in [7, 11) is 0. The van der Waals surface area contributed by atoms with Crippen molar-refractivity contribution in [3.63, 3.8) is 0 Å². The molecule has 0 spiro atoms. The Labute approximate surface area is 156 Å². The Balaban J connectivity index is 1.42. The third-order valence-electron chi connectivity index (χ3n) is 4.53. The second-order valence-corrected chi connectivity index (χ2v) is 6.41. The Kier molecular flexibility index (Phi) is 6.13. The topological polar surface area (TPSA) is 52.7 Å². The van der Waals surface area contributed by atoms with Crippen LogP contribution in [0.1, 0.15) is 20.7 Å². The lowest BCUT2D eigenvalue weighted by molar-refractivity contribution is 0.0637. The van der Waals surface area contributed by atoms with Crippen LogP contribution in [0.3, 0.4) is 0 Å². The van der Waals surface area contributed by atoms with Crippen LogP contribution in [0.4, 0.5) is 8.78 Å². The summed E-state index contributed by atoms with van der Waals surface area (Å²) >= 11 is 0.